The number of hydrogen-bond donors (Lipinski definition) is 0. The third-order valence-electron chi connectivity index (χ3n) is 1.62. The summed E-state index contributed by atoms with van der Waals surface area (Å²) in [6.45, 7) is 0. The Balaban J connectivity index is 2.77. The summed E-state index contributed by atoms with van der Waals surface area (Å²) in [6, 6.07) is 8.23. The summed E-state index contributed by atoms with van der Waals surface area (Å²) >= 11 is 4.24. The van der Waals surface area contributed by atoms with Crippen molar-refractivity contribution in [1.29, 1.82) is 0 Å². The third kappa shape index (κ3) is 3.81. The van der Waals surface area contributed by atoms with E-state index in [0.29, 0.717) is 0 Å². The molecular weight excluding hydrogens is 274 g/mol. The van der Waals surface area contributed by atoms with E-state index in [0.717, 1.165) is 5.02 Å². The fourth-order valence-corrected chi connectivity index (χ4v) is 5.60. The Hall–Kier alpha value is 0.309. The Labute approximate surface area is 83.8 Å². The Kier molecular flexibility index (Phi) is 3.47. The molecule has 0 saturated carbocycles. The van der Waals surface area contributed by atoms with Gasteiger partial charge < -0.3 is 0 Å². The van der Waals surface area contributed by atoms with Crippen LogP contribution in [0.5, 0.6) is 0 Å². The average molecular weight is 289 g/mol. The van der Waals surface area contributed by atoms with Crippen LogP contribution in [0.3, 0.4) is 0 Å². The van der Waals surface area contributed by atoms with Crippen LogP contribution in [0.1, 0.15) is 5.56 Å². The predicted octanol–water partition coefficient (Wildman–Crippen LogP) is 3.76. The van der Waals surface area contributed by atoms with E-state index in [4.69, 9.17) is 11.6 Å². The molecule has 0 radical (unpaired) electrons. The van der Waals surface area contributed by atoms with Crippen molar-refractivity contribution in [2.75, 3.05) is 0 Å². The summed E-state index contributed by atoms with van der Waals surface area (Å²) in [5.41, 5.74) is 1.41. The molecule has 0 unspecified atom stereocenters. The summed E-state index contributed by atoms with van der Waals surface area (Å²) in [5, 5.41) is 0.864. The zero-order valence-corrected chi connectivity index (χ0v) is 11.5. The second-order valence-corrected chi connectivity index (χ2v) is 20.4. The van der Waals surface area contributed by atoms with Gasteiger partial charge in [-0.25, -0.2) is 0 Å². The molecule has 0 heterocycles. The first kappa shape index (κ1) is 10.4. The van der Waals surface area contributed by atoms with Crippen LogP contribution in [-0.4, -0.2) is 18.4 Å². The van der Waals surface area contributed by atoms with Gasteiger partial charge >= 0.3 is 84.1 Å². The van der Waals surface area contributed by atoms with Gasteiger partial charge in [-0.2, -0.15) is 0 Å². The second-order valence-electron chi connectivity index (χ2n) is 4.37. The molecule has 0 aromatic heterocycles. The molecule has 12 heavy (non-hydrogen) atoms. The van der Waals surface area contributed by atoms with Gasteiger partial charge in [0.15, 0.2) is 0 Å². The molecule has 0 bridgehead atoms. The van der Waals surface area contributed by atoms with Gasteiger partial charge in [-0.1, -0.05) is 0 Å². The molecule has 0 nitrogen and oxygen atoms in total. The van der Waals surface area contributed by atoms with Gasteiger partial charge in [-0.15, -0.1) is 0 Å². The molecular formula is C10H15ClSn. The van der Waals surface area contributed by atoms with Crippen LogP contribution in [0, 0.1) is 0 Å². The van der Waals surface area contributed by atoms with Crippen LogP contribution in [0.15, 0.2) is 24.3 Å². The first-order chi connectivity index (χ1) is 5.47. The standard InChI is InChI=1S/C7H6Cl.3CH3.Sn/c1-6-3-2-4-7(8)5-6;;;;/h2-5H,1H2;3*1H3;. The van der Waals surface area contributed by atoms with E-state index in [-0.39, 0.29) is 0 Å². The van der Waals surface area contributed by atoms with Crippen LogP contribution in [0.2, 0.25) is 19.8 Å². The first-order valence-corrected chi connectivity index (χ1v) is 15.2. The summed E-state index contributed by atoms with van der Waals surface area (Å²) in [4.78, 5) is 7.32. The second kappa shape index (κ2) is 4.01. The van der Waals surface area contributed by atoms with Crippen molar-refractivity contribution in [3.63, 3.8) is 0 Å². The molecule has 1 aromatic carbocycles. The van der Waals surface area contributed by atoms with Crippen molar-refractivity contribution < 1.29 is 0 Å². The van der Waals surface area contributed by atoms with E-state index in [1.807, 2.05) is 12.1 Å². The molecule has 2 heteroatoms. The molecule has 0 spiro atoms. The Morgan fingerprint density at radius 3 is 2.42 bits per heavy atom. The number of benzene rings is 1. The van der Waals surface area contributed by atoms with Crippen LogP contribution >= 0.6 is 11.6 Å². The summed E-state index contributed by atoms with van der Waals surface area (Å²) in [5.74, 6) is 0. The summed E-state index contributed by atoms with van der Waals surface area (Å²) in [7, 11) is 0. The quantitative estimate of drug-likeness (QED) is 0.727. The van der Waals surface area contributed by atoms with Crippen molar-refractivity contribution in [3.05, 3.63) is 34.9 Å². The molecule has 1 aromatic rings. The first-order valence-electron chi connectivity index (χ1n) is 4.22. The van der Waals surface area contributed by atoms with Gasteiger partial charge in [-0.05, 0) is 0 Å². The van der Waals surface area contributed by atoms with E-state index in [1.165, 1.54) is 10.0 Å². The van der Waals surface area contributed by atoms with Gasteiger partial charge in [-0.3, -0.25) is 0 Å². The van der Waals surface area contributed by atoms with Crippen LogP contribution < -0.4 is 0 Å². The maximum atomic E-state index is 5.90. The van der Waals surface area contributed by atoms with Crippen molar-refractivity contribution in [2.24, 2.45) is 0 Å². The topological polar surface area (TPSA) is 0 Å². The van der Waals surface area contributed by atoms with Gasteiger partial charge in [0.1, 0.15) is 0 Å². The molecule has 0 amide bonds. The third-order valence-corrected chi connectivity index (χ3v) is 6.05. The van der Waals surface area contributed by atoms with Gasteiger partial charge in [0.05, 0.1) is 0 Å². The number of rotatable bonds is 2. The van der Waals surface area contributed by atoms with Crippen LogP contribution in [0.25, 0.3) is 0 Å². The monoisotopic (exact) mass is 290 g/mol. The normalized spacial score (nSPS) is 11.7. The summed E-state index contributed by atoms with van der Waals surface area (Å²) in [6.07, 6.45) is 0. The molecule has 0 N–H and O–H groups in total. The molecule has 0 atom stereocenters. The van der Waals surface area contributed by atoms with Crippen LogP contribution in [0.4, 0.5) is 0 Å². The zero-order valence-electron chi connectivity index (χ0n) is 7.89. The molecule has 0 aliphatic rings. The fraction of sp³-hybridized carbons (Fsp3) is 0.400. The van der Waals surface area contributed by atoms with E-state index in [1.54, 1.807) is 0 Å². The van der Waals surface area contributed by atoms with E-state index in [2.05, 4.69) is 27.0 Å². The zero-order chi connectivity index (χ0) is 9.19. The van der Waals surface area contributed by atoms with E-state index in [9.17, 15) is 0 Å². The van der Waals surface area contributed by atoms with Crippen molar-refractivity contribution in [3.8, 4) is 0 Å². The fourth-order valence-electron chi connectivity index (χ4n) is 1.26. The SMILES string of the molecule is [CH3][Sn]([CH3])([CH3])[CH2]c1cccc(Cl)c1. The van der Waals surface area contributed by atoms with Crippen molar-refractivity contribution >= 4 is 30.0 Å². The van der Waals surface area contributed by atoms with Crippen molar-refractivity contribution in [1.82, 2.24) is 0 Å². The predicted molar refractivity (Wildman–Crippen MR) is 58.5 cm³/mol. The summed E-state index contributed by atoms with van der Waals surface area (Å²) < 4.78 is 1.29. The molecule has 1 rings (SSSR count). The Morgan fingerprint density at radius 2 is 1.92 bits per heavy atom. The minimum absolute atomic E-state index is 0.864. The molecule has 66 valence electrons. The number of halogens is 1. The van der Waals surface area contributed by atoms with Gasteiger partial charge in [0.2, 0.25) is 0 Å². The Bertz CT molecular complexity index is 263. The van der Waals surface area contributed by atoms with Gasteiger partial charge in [0, 0.05) is 0 Å². The van der Waals surface area contributed by atoms with Crippen molar-refractivity contribution in [2.45, 2.75) is 19.3 Å². The van der Waals surface area contributed by atoms with E-state index < -0.39 is 18.4 Å². The number of hydrogen-bond acceptors (Lipinski definition) is 0. The Morgan fingerprint density at radius 1 is 1.25 bits per heavy atom. The molecule has 0 saturated heterocycles. The van der Waals surface area contributed by atoms with Crippen LogP contribution in [-0.2, 0) is 4.44 Å². The minimum atomic E-state index is -1.65. The molecule has 0 aliphatic carbocycles. The van der Waals surface area contributed by atoms with E-state index >= 15 is 0 Å². The maximum absolute atomic E-state index is 5.90. The van der Waals surface area contributed by atoms with Gasteiger partial charge in [0.25, 0.3) is 0 Å². The molecule has 0 aliphatic heterocycles. The average Bonchev–Trinajstić information content (AvgIpc) is 1.82. The molecule has 0 fully saturated rings.